The highest BCUT2D eigenvalue weighted by Gasteiger charge is 2.39. The fourth-order valence-corrected chi connectivity index (χ4v) is 7.97. The van der Waals surface area contributed by atoms with Gasteiger partial charge in [-0.3, -0.25) is 4.79 Å². The summed E-state index contributed by atoms with van der Waals surface area (Å²) < 4.78 is 33.2. The molecule has 0 bridgehead atoms. The molecule has 1 saturated carbocycles. The summed E-state index contributed by atoms with van der Waals surface area (Å²) in [5.74, 6) is 0.302. The van der Waals surface area contributed by atoms with Crippen molar-refractivity contribution in [2.24, 2.45) is 0 Å². The molecule has 2 aliphatic rings. The Bertz CT molecular complexity index is 1290. The third kappa shape index (κ3) is 4.87. The van der Waals surface area contributed by atoms with Gasteiger partial charge in [0.1, 0.15) is 9.97 Å². The minimum absolute atomic E-state index is 0.0447. The summed E-state index contributed by atoms with van der Waals surface area (Å²) in [5.41, 5.74) is 2.16. The number of likely N-dealkylation sites (N-methyl/N-ethyl adjacent to an activating group) is 1. The number of hydrogen-bond acceptors (Lipinski definition) is 7. The number of aromatic nitrogens is 1. The van der Waals surface area contributed by atoms with Crippen molar-refractivity contribution in [1.82, 2.24) is 19.7 Å². The summed E-state index contributed by atoms with van der Waals surface area (Å²) in [4.78, 5) is 15.5. The van der Waals surface area contributed by atoms with Crippen LogP contribution in [0.5, 0.6) is 0 Å². The third-order valence-corrected chi connectivity index (χ3v) is 10.9. The van der Waals surface area contributed by atoms with E-state index in [-0.39, 0.29) is 29.7 Å². The average Bonchev–Trinajstić information content (AvgIpc) is 3.56. The smallest absolute Gasteiger partial charge is 0.274 e. The van der Waals surface area contributed by atoms with Gasteiger partial charge >= 0.3 is 0 Å². The van der Waals surface area contributed by atoms with Crippen LogP contribution in [0.25, 0.3) is 0 Å². The fraction of sp³-hybridized carbons (Fsp3) is 0.462. The molecule has 1 aromatic carbocycles. The molecule has 0 spiro atoms. The zero-order valence-electron chi connectivity index (χ0n) is 20.6. The van der Waals surface area contributed by atoms with Crippen molar-refractivity contribution < 1.29 is 17.7 Å². The lowest BCUT2D eigenvalue weighted by atomic mass is 9.75. The van der Waals surface area contributed by atoms with Gasteiger partial charge in [-0.25, -0.2) is 8.42 Å². The van der Waals surface area contributed by atoms with Gasteiger partial charge in [-0.1, -0.05) is 41.6 Å². The van der Waals surface area contributed by atoms with E-state index < -0.39 is 10.0 Å². The molecule has 2 aromatic heterocycles. The van der Waals surface area contributed by atoms with Crippen LogP contribution in [0.15, 0.2) is 56.6 Å². The second-order valence-corrected chi connectivity index (χ2v) is 13.1. The van der Waals surface area contributed by atoms with E-state index in [0.717, 1.165) is 32.1 Å². The molecule has 3 heterocycles. The van der Waals surface area contributed by atoms with E-state index in [4.69, 9.17) is 4.52 Å². The zero-order chi connectivity index (χ0) is 25.3. The number of nitrogens with zero attached hydrogens (tertiary/aromatic N) is 3. The van der Waals surface area contributed by atoms with Gasteiger partial charge in [0.05, 0.1) is 0 Å². The van der Waals surface area contributed by atoms with Gasteiger partial charge in [-0.2, -0.15) is 4.31 Å². The molecule has 0 saturated heterocycles. The number of fused-ring (bicyclic) bond motifs is 1. The van der Waals surface area contributed by atoms with Crippen molar-refractivity contribution in [2.75, 3.05) is 20.6 Å². The molecule has 1 aliphatic heterocycles. The first-order valence-electron chi connectivity index (χ1n) is 12.3. The second kappa shape index (κ2) is 10.1. The number of rotatable bonds is 7. The summed E-state index contributed by atoms with van der Waals surface area (Å²) in [6, 6.07) is 13.9. The molecule has 5 rings (SSSR count). The van der Waals surface area contributed by atoms with E-state index in [1.807, 2.05) is 6.07 Å². The molecule has 0 unspecified atom stereocenters. The van der Waals surface area contributed by atoms with E-state index >= 15 is 0 Å². The standard InChI is InChI=1S/C26H32N4O4S2/c1-29(2)26(17-19-7-4-3-5-8-19)13-10-20(11-14-26)27-25(31)24-21-18-30(15-12-22(21)34-28-24)36(32,33)23-9-6-16-35-23/h3-9,16,20H,10-15,17-18H2,1-2H3,(H,27,31). The van der Waals surface area contributed by atoms with Gasteiger partial charge in [0.15, 0.2) is 5.69 Å². The number of carbonyl (C=O) groups is 1. The van der Waals surface area contributed by atoms with Crippen molar-refractivity contribution in [3.05, 3.63) is 70.4 Å². The molecule has 10 heteroatoms. The maximum absolute atomic E-state index is 13.2. The maximum atomic E-state index is 13.2. The molecular weight excluding hydrogens is 496 g/mol. The third-order valence-electron chi connectivity index (χ3n) is 7.67. The second-order valence-electron chi connectivity index (χ2n) is 9.98. The highest BCUT2D eigenvalue weighted by atomic mass is 32.2. The summed E-state index contributed by atoms with van der Waals surface area (Å²) in [5, 5.41) is 8.93. The molecule has 3 aromatic rings. The predicted octanol–water partition coefficient (Wildman–Crippen LogP) is 3.70. The molecule has 0 radical (unpaired) electrons. The molecule has 1 fully saturated rings. The highest BCUT2D eigenvalue weighted by molar-refractivity contribution is 7.91. The Hall–Kier alpha value is -2.53. The van der Waals surface area contributed by atoms with Crippen molar-refractivity contribution in [2.45, 2.75) is 60.9 Å². The predicted molar refractivity (Wildman–Crippen MR) is 138 cm³/mol. The molecule has 1 aliphatic carbocycles. The van der Waals surface area contributed by atoms with E-state index in [0.29, 0.717) is 28.5 Å². The SMILES string of the molecule is CN(C)C1(Cc2ccccc2)CCC(NC(=O)c2noc3c2CN(S(=O)(=O)c2cccs2)CC3)CC1. The zero-order valence-corrected chi connectivity index (χ0v) is 22.3. The van der Waals surface area contributed by atoms with Gasteiger partial charge in [-0.15, -0.1) is 11.3 Å². The van der Waals surface area contributed by atoms with Gasteiger partial charge in [0.25, 0.3) is 15.9 Å². The molecular formula is C26H32N4O4S2. The van der Waals surface area contributed by atoms with Crippen molar-refractivity contribution >= 4 is 27.3 Å². The van der Waals surface area contributed by atoms with E-state index in [9.17, 15) is 13.2 Å². The van der Waals surface area contributed by atoms with Crippen LogP contribution in [-0.2, 0) is 29.4 Å². The van der Waals surface area contributed by atoms with Gasteiger partial charge in [0, 0.05) is 36.7 Å². The van der Waals surface area contributed by atoms with Crippen LogP contribution in [0, 0.1) is 0 Å². The van der Waals surface area contributed by atoms with Crippen LogP contribution in [0.3, 0.4) is 0 Å². The van der Waals surface area contributed by atoms with Crippen LogP contribution in [-0.4, -0.2) is 60.9 Å². The van der Waals surface area contributed by atoms with E-state index in [1.165, 1.54) is 21.2 Å². The lowest BCUT2D eigenvalue weighted by molar-refractivity contribution is 0.0764. The van der Waals surface area contributed by atoms with E-state index in [1.54, 1.807) is 17.5 Å². The average molecular weight is 529 g/mol. The Morgan fingerprint density at radius 2 is 1.94 bits per heavy atom. The summed E-state index contributed by atoms with van der Waals surface area (Å²) in [6.45, 7) is 0.396. The largest absolute Gasteiger partial charge is 0.360 e. The first-order chi connectivity index (χ1) is 17.3. The number of nitrogens with one attached hydrogen (secondary N) is 1. The summed E-state index contributed by atoms with van der Waals surface area (Å²) in [6.07, 6.45) is 5.07. The van der Waals surface area contributed by atoms with Crippen LogP contribution in [0.4, 0.5) is 0 Å². The van der Waals surface area contributed by atoms with Crippen LogP contribution >= 0.6 is 11.3 Å². The molecule has 1 N–H and O–H groups in total. The minimum atomic E-state index is -3.61. The summed E-state index contributed by atoms with van der Waals surface area (Å²) in [7, 11) is 0.667. The Morgan fingerprint density at radius 3 is 2.61 bits per heavy atom. The van der Waals surface area contributed by atoms with Crippen LogP contribution < -0.4 is 5.32 Å². The first kappa shape index (κ1) is 25.1. The van der Waals surface area contributed by atoms with E-state index in [2.05, 4.69) is 53.7 Å². The normalized spacial score (nSPS) is 22.9. The van der Waals surface area contributed by atoms with Crippen molar-refractivity contribution in [3.8, 4) is 0 Å². The molecule has 192 valence electrons. The Kier molecular flexibility index (Phi) is 7.04. The van der Waals surface area contributed by atoms with Crippen LogP contribution in [0.1, 0.15) is 53.1 Å². The Labute approximate surface area is 216 Å². The lowest BCUT2D eigenvalue weighted by Crippen LogP contribution is -2.52. The van der Waals surface area contributed by atoms with Gasteiger partial charge in [0.2, 0.25) is 0 Å². The molecule has 8 nitrogen and oxygen atoms in total. The molecule has 36 heavy (non-hydrogen) atoms. The number of thiophene rings is 1. The fourth-order valence-electron chi connectivity index (χ4n) is 5.42. The number of benzene rings is 1. The van der Waals surface area contributed by atoms with Gasteiger partial charge in [-0.05, 0) is 63.2 Å². The monoisotopic (exact) mass is 528 g/mol. The summed E-state index contributed by atoms with van der Waals surface area (Å²) >= 11 is 1.19. The van der Waals surface area contributed by atoms with Gasteiger partial charge < -0.3 is 14.7 Å². The number of carbonyl (C=O) groups excluding carboxylic acids is 1. The molecule has 0 atom stereocenters. The quantitative estimate of drug-likeness (QED) is 0.503. The number of amides is 1. The number of hydrogen-bond donors (Lipinski definition) is 1. The highest BCUT2D eigenvalue weighted by Crippen LogP contribution is 2.36. The Morgan fingerprint density at radius 1 is 1.19 bits per heavy atom. The Balaban J connectivity index is 1.25. The first-order valence-corrected chi connectivity index (χ1v) is 14.6. The maximum Gasteiger partial charge on any atom is 0.274 e. The number of sulfonamides is 1. The van der Waals surface area contributed by atoms with Crippen molar-refractivity contribution in [3.63, 3.8) is 0 Å². The topological polar surface area (TPSA) is 95.8 Å². The van der Waals surface area contributed by atoms with Crippen LogP contribution in [0.2, 0.25) is 0 Å². The minimum Gasteiger partial charge on any atom is -0.360 e. The lowest BCUT2D eigenvalue weighted by Gasteiger charge is -2.45. The van der Waals surface area contributed by atoms with Crippen molar-refractivity contribution in [1.29, 1.82) is 0 Å². The molecule has 1 amide bonds.